The third-order valence-electron chi connectivity index (χ3n) is 8.92. The number of likely N-dealkylation sites (tertiary alicyclic amines) is 1. The molecule has 0 spiro atoms. The van der Waals surface area contributed by atoms with E-state index in [-0.39, 0.29) is 18.3 Å². The zero-order valence-electron chi connectivity index (χ0n) is 29.8. The fraction of sp³-hybridized carbons (Fsp3) is 0.256. The molecule has 0 unspecified atom stereocenters. The normalized spacial score (nSPS) is 13.0. The summed E-state index contributed by atoms with van der Waals surface area (Å²) in [6, 6.07) is 32.6. The maximum absolute atomic E-state index is 13.0. The molecular weight excluding hydrogens is 693 g/mol. The van der Waals surface area contributed by atoms with Crippen LogP contribution in [0.2, 0.25) is 5.02 Å². The van der Waals surface area contributed by atoms with Crippen molar-refractivity contribution < 1.29 is 19.0 Å². The number of hydrogen-bond donors (Lipinski definition) is 1. The van der Waals surface area contributed by atoms with E-state index in [0.717, 1.165) is 47.4 Å². The van der Waals surface area contributed by atoms with Gasteiger partial charge in [0.25, 0.3) is 0 Å². The molecule has 1 aliphatic heterocycles. The van der Waals surface area contributed by atoms with E-state index in [4.69, 9.17) is 25.8 Å². The molecule has 0 atom stereocenters. The Morgan fingerprint density at radius 1 is 0.846 bits per heavy atom. The molecule has 5 aromatic rings. The van der Waals surface area contributed by atoms with Crippen molar-refractivity contribution in [1.29, 1.82) is 0 Å². The fourth-order valence-corrected chi connectivity index (χ4v) is 6.21. The monoisotopic (exact) mass is 737 g/mol. The first-order valence-corrected chi connectivity index (χ1v) is 17.8. The van der Waals surface area contributed by atoms with Crippen molar-refractivity contribution in [2.24, 2.45) is 0 Å². The minimum absolute atomic E-state index is 0. The number of pyridine rings is 1. The Morgan fingerprint density at radius 3 is 2.15 bits per heavy atom. The minimum atomic E-state index is -0.00588. The number of carbonyl (C=O) groups is 1. The van der Waals surface area contributed by atoms with Crippen molar-refractivity contribution in [3.63, 3.8) is 0 Å². The van der Waals surface area contributed by atoms with Gasteiger partial charge < -0.3 is 24.4 Å². The molecule has 9 heteroatoms. The largest absolute Gasteiger partial charge is 0.493 e. The molecule has 0 bridgehead atoms. The van der Waals surface area contributed by atoms with Crippen molar-refractivity contribution in [3.8, 4) is 23.1 Å². The Hall–Kier alpha value is -4.98. The zero-order chi connectivity index (χ0) is 35.6. The van der Waals surface area contributed by atoms with Gasteiger partial charge in [0.15, 0.2) is 5.75 Å². The van der Waals surface area contributed by atoms with Gasteiger partial charge in [0.1, 0.15) is 18.1 Å². The average molecular weight is 739 g/mol. The Morgan fingerprint density at radius 2 is 1.50 bits per heavy atom. The van der Waals surface area contributed by atoms with Crippen molar-refractivity contribution in [2.45, 2.75) is 52.7 Å². The van der Waals surface area contributed by atoms with Crippen LogP contribution in [0, 0.1) is 20.8 Å². The highest BCUT2D eigenvalue weighted by Gasteiger charge is 2.21. The van der Waals surface area contributed by atoms with Crippen LogP contribution in [-0.4, -0.2) is 41.5 Å². The van der Waals surface area contributed by atoms with Gasteiger partial charge in [0, 0.05) is 43.4 Å². The third-order valence-corrected chi connectivity index (χ3v) is 9.20. The van der Waals surface area contributed by atoms with Crippen LogP contribution in [0.15, 0.2) is 109 Å². The van der Waals surface area contributed by atoms with Gasteiger partial charge >= 0.3 is 0 Å². The molecular formula is C43H45Cl2N3O4. The second-order valence-electron chi connectivity index (χ2n) is 13.0. The van der Waals surface area contributed by atoms with Crippen LogP contribution < -0.4 is 19.5 Å². The quantitative estimate of drug-likeness (QED) is 0.121. The maximum atomic E-state index is 13.0. The molecule has 0 aliphatic carbocycles. The number of halogens is 2. The van der Waals surface area contributed by atoms with Crippen LogP contribution in [0.4, 0.5) is 5.69 Å². The number of anilines is 1. The standard InChI is InChI=1S/C43H44ClN3O4.ClH/c1-30-4-8-34(9-5-30)29-50-39-17-18-41(45-28-39)51-43-32(3)26-35(27-40(43)44)12-19-42(48)47-23-20-37(21-24-47)46-36-13-10-33(11-14-36)22-25-49-38-15-6-31(2)7-16-38;/h4-19,26-28,37,46H,20-25,29H2,1-3H3;1H. The number of nitrogens with zero attached hydrogens (tertiary/aromatic N) is 2. The number of amides is 1. The number of piperidine rings is 1. The van der Waals surface area contributed by atoms with Gasteiger partial charge in [-0.05, 0) is 104 Å². The molecule has 270 valence electrons. The Kier molecular flexibility index (Phi) is 13.6. The van der Waals surface area contributed by atoms with Crippen molar-refractivity contribution in [3.05, 3.63) is 148 Å². The second-order valence-corrected chi connectivity index (χ2v) is 13.5. The van der Waals surface area contributed by atoms with E-state index in [0.29, 0.717) is 54.7 Å². The van der Waals surface area contributed by atoms with Gasteiger partial charge in [0.2, 0.25) is 11.8 Å². The maximum Gasteiger partial charge on any atom is 0.246 e. The molecule has 0 saturated carbocycles. The van der Waals surface area contributed by atoms with Crippen LogP contribution in [0.25, 0.3) is 6.08 Å². The number of carbonyl (C=O) groups excluding carboxylic acids is 1. The highest BCUT2D eigenvalue weighted by molar-refractivity contribution is 6.32. The molecule has 1 aliphatic rings. The van der Waals surface area contributed by atoms with E-state index in [2.05, 4.69) is 72.7 Å². The third kappa shape index (κ3) is 11.0. The lowest BCUT2D eigenvalue weighted by molar-refractivity contribution is -0.126. The van der Waals surface area contributed by atoms with Crippen LogP contribution in [0.3, 0.4) is 0 Å². The number of aryl methyl sites for hydroxylation is 3. The summed E-state index contributed by atoms with van der Waals surface area (Å²) in [6.07, 6.45) is 7.69. The topological polar surface area (TPSA) is 72.9 Å². The number of rotatable bonds is 13. The van der Waals surface area contributed by atoms with Gasteiger partial charge in [-0.25, -0.2) is 4.98 Å². The number of aromatic nitrogens is 1. The van der Waals surface area contributed by atoms with E-state index in [1.807, 2.05) is 48.2 Å². The predicted molar refractivity (Wildman–Crippen MR) is 212 cm³/mol. The van der Waals surface area contributed by atoms with Gasteiger partial charge in [0.05, 0.1) is 17.8 Å². The molecule has 7 nitrogen and oxygen atoms in total. The highest BCUT2D eigenvalue weighted by Crippen LogP contribution is 2.34. The first kappa shape index (κ1) is 38.3. The lowest BCUT2D eigenvalue weighted by Crippen LogP contribution is -2.41. The van der Waals surface area contributed by atoms with E-state index >= 15 is 0 Å². The summed E-state index contributed by atoms with van der Waals surface area (Å²) in [5, 5.41) is 4.08. The number of benzene rings is 4. The molecule has 52 heavy (non-hydrogen) atoms. The fourth-order valence-electron chi connectivity index (χ4n) is 5.89. The predicted octanol–water partition coefficient (Wildman–Crippen LogP) is 10.2. The van der Waals surface area contributed by atoms with E-state index in [9.17, 15) is 4.79 Å². The van der Waals surface area contributed by atoms with Crippen molar-refractivity contribution in [1.82, 2.24) is 9.88 Å². The van der Waals surface area contributed by atoms with Crippen LogP contribution in [0.1, 0.15) is 46.2 Å². The lowest BCUT2D eigenvalue weighted by atomic mass is 10.0. The lowest BCUT2D eigenvalue weighted by Gasteiger charge is -2.32. The molecule has 1 amide bonds. The Bertz CT molecular complexity index is 1900. The molecule has 1 fully saturated rings. The van der Waals surface area contributed by atoms with Crippen LogP contribution in [-0.2, 0) is 17.8 Å². The summed E-state index contributed by atoms with van der Waals surface area (Å²) in [7, 11) is 0. The summed E-state index contributed by atoms with van der Waals surface area (Å²) in [5.74, 6) is 2.48. The van der Waals surface area contributed by atoms with E-state index < -0.39 is 0 Å². The number of nitrogens with one attached hydrogen (secondary N) is 1. The van der Waals surface area contributed by atoms with Gasteiger partial charge in [-0.15, -0.1) is 12.4 Å². The summed E-state index contributed by atoms with van der Waals surface area (Å²) >= 11 is 6.63. The molecule has 6 rings (SSSR count). The summed E-state index contributed by atoms with van der Waals surface area (Å²) in [5.41, 5.74) is 7.53. The minimum Gasteiger partial charge on any atom is -0.493 e. The van der Waals surface area contributed by atoms with Gasteiger partial charge in [-0.3, -0.25) is 4.79 Å². The zero-order valence-corrected chi connectivity index (χ0v) is 31.4. The average Bonchev–Trinajstić information content (AvgIpc) is 3.14. The van der Waals surface area contributed by atoms with Crippen LogP contribution in [0.5, 0.6) is 23.1 Å². The molecule has 0 radical (unpaired) electrons. The summed E-state index contributed by atoms with van der Waals surface area (Å²) in [4.78, 5) is 19.3. The number of ether oxygens (including phenoxy) is 3. The highest BCUT2D eigenvalue weighted by atomic mass is 35.5. The Labute approximate surface area is 318 Å². The molecule has 2 heterocycles. The number of hydrogen-bond acceptors (Lipinski definition) is 6. The SMILES string of the molecule is Cc1ccc(COc2ccc(Oc3c(C)cc(C=CC(=O)N4CCC(Nc5ccc(CCOc6ccc(C)cc6)cc5)CC4)cc3Cl)nc2)cc1.Cl. The van der Waals surface area contributed by atoms with E-state index in [1.165, 1.54) is 16.7 Å². The first-order chi connectivity index (χ1) is 24.8. The van der Waals surface area contributed by atoms with Crippen molar-refractivity contribution in [2.75, 3.05) is 25.0 Å². The summed E-state index contributed by atoms with van der Waals surface area (Å²) in [6.45, 7) is 8.55. The smallest absolute Gasteiger partial charge is 0.246 e. The second kappa shape index (κ2) is 18.5. The van der Waals surface area contributed by atoms with Gasteiger partial charge in [-0.1, -0.05) is 71.3 Å². The molecule has 1 saturated heterocycles. The molecule has 4 aromatic carbocycles. The Balaban J connectivity index is 0.00000523. The molecule has 1 N–H and O–H groups in total. The first-order valence-electron chi connectivity index (χ1n) is 17.4. The summed E-state index contributed by atoms with van der Waals surface area (Å²) < 4.78 is 17.8. The van der Waals surface area contributed by atoms with Crippen molar-refractivity contribution >= 4 is 41.7 Å². The van der Waals surface area contributed by atoms with Crippen LogP contribution >= 0.6 is 24.0 Å². The molecule has 1 aromatic heterocycles. The van der Waals surface area contributed by atoms with Gasteiger partial charge in [-0.2, -0.15) is 0 Å². The van der Waals surface area contributed by atoms with E-state index in [1.54, 1.807) is 30.5 Å².